The molecule has 1 heteroatoms. The molecule has 60 valence electrons. The van der Waals surface area contributed by atoms with Crippen LogP contribution in [0.3, 0.4) is 0 Å². The Morgan fingerprint density at radius 2 is 1.90 bits per heavy atom. The predicted octanol–water partition coefficient (Wildman–Crippen LogP) is 3.03. The summed E-state index contributed by atoms with van der Waals surface area (Å²) >= 11 is 0. The van der Waals surface area contributed by atoms with Gasteiger partial charge in [0.1, 0.15) is 6.17 Å². The van der Waals surface area contributed by atoms with Crippen LogP contribution in [-0.4, -0.2) is 6.17 Å². The van der Waals surface area contributed by atoms with Crippen LogP contribution in [0.4, 0.5) is 4.39 Å². The van der Waals surface area contributed by atoms with Gasteiger partial charge < -0.3 is 0 Å². The van der Waals surface area contributed by atoms with Crippen LogP contribution in [0.1, 0.15) is 33.6 Å². The molecule has 1 aliphatic rings. The summed E-state index contributed by atoms with van der Waals surface area (Å²) in [5, 5.41) is 0. The molecular formula is C9H17F. The summed E-state index contributed by atoms with van der Waals surface area (Å²) < 4.78 is 12.9. The summed E-state index contributed by atoms with van der Waals surface area (Å²) in [7, 11) is 0. The molecule has 0 N–H and O–H groups in total. The lowest BCUT2D eigenvalue weighted by molar-refractivity contribution is 0.218. The van der Waals surface area contributed by atoms with Crippen molar-refractivity contribution < 1.29 is 4.39 Å². The molecule has 0 aromatic rings. The maximum absolute atomic E-state index is 12.9. The molecule has 0 aromatic heterocycles. The molecule has 10 heavy (non-hydrogen) atoms. The maximum atomic E-state index is 12.9. The summed E-state index contributed by atoms with van der Waals surface area (Å²) in [4.78, 5) is 0. The summed E-state index contributed by atoms with van der Waals surface area (Å²) in [5.74, 6) is 1.60. The largest absolute Gasteiger partial charge is 0.247 e. The molecule has 3 unspecified atom stereocenters. The van der Waals surface area contributed by atoms with Crippen LogP contribution in [0.15, 0.2) is 0 Å². The Labute approximate surface area is 62.8 Å². The van der Waals surface area contributed by atoms with E-state index in [1.165, 1.54) is 0 Å². The second-order valence-electron chi connectivity index (χ2n) is 3.86. The van der Waals surface area contributed by atoms with Crippen molar-refractivity contribution in [3.8, 4) is 0 Å². The van der Waals surface area contributed by atoms with E-state index in [0.29, 0.717) is 17.8 Å². The van der Waals surface area contributed by atoms with Crippen LogP contribution in [-0.2, 0) is 0 Å². The van der Waals surface area contributed by atoms with E-state index >= 15 is 0 Å². The number of alkyl halides is 1. The van der Waals surface area contributed by atoms with Gasteiger partial charge in [0.2, 0.25) is 0 Å². The quantitative estimate of drug-likeness (QED) is 0.530. The van der Waals surface area contributed by atoms with Gasteiger partial charge in [0.25, 0.3) is 0 Å². The molecule has 3 atom stereocenters. The van der Waals surface area contributed by atoms with E-state index < -0.39 is 6.17 Å². The molecular weight excluding hydrogens is 127 g/mol. The highest BCUT2D eigenvalue weighted by Gasteiger charge is 2.34. The molecule has 0 saturated heterocycles. The molecule has 1 saturated carbocycles. The maximum Gasteiger partial charge on any atom is 0.103 e. The summed E-state index contributed by atoms with van der Waals surface area (Å²) in [6, 6.07) is 0. The molecule has 0 nitrogen and oxygen atoms in total. The average molecular weight is 144 g/mol. The van der Waals surface area contributed by atoms with Gasteiger partial charge in [-0.25, -0.2) is 4.39 Å². The monoisotopic (exact) mass is 144 g/mol. The van der Waals surface area contributed by atoms with Crippen LogP contribution in [0.5, 0.6) is 0 Å². The van der Waals surface area contributed by atoms with Crippen molar-refractivity contribution in [2.24, 2.45) is 17.8 Å². The Kier molecular flexibility index (Phi) is 2.32. The number of rotatable bonds is 1. The Hall–Kier alpha value is -0.0700. The minimum absolute atomic E-state index is 0.306. The van der Waals surface area contributed by atoms with Crippen molar-refractivity contribution in [2.75, 3.05) is 0 Å². The van der Waals surface area contributed by atoms with Gasteiger partial charge in [-0.05, 0) is 30.6 Å². The van der Waals surface area contributed by atoms with Crippen molar-refractivity contribution >= 4 is 0 Å². The first-order valence-electron chi connectivity index (χ1n) is 4.27. The Balaban J connectivity index is 2.49. The molecule has 0 aromatic carbocycles. The zero-order chi connectivity index (χ0) is 7.72. The number of hydrogen-bond donors (Lipinski definition) is 0. The second-order valence-corrected chi connectivity index (χ2v) is 3.86. The Bertz CT molecular complexity index is 109. The molecule has 1 aliphatic carbocycles. The highest BCUT2D eigenvalue weighted by Crippen LogP contribution is 2.38. The van der Waals surface area contributed by atoms with E-state index in [1.54, 1.807) is 0 Å². The van der Waals surface area contributed by atoms with E-state index in [2.05, 4.69) is 13.8 Å². The van der Waals surface area contributed by atoms with Crippen molar-refractivity contribution in [1.82, 2.24) is 0 Å². The summed E-state index contributed by atoms with van der Waals surface area (Å²) in [6.07, 6.45) is 1.37. The van der Waals surface area contributed by atoms with Gasteiger partial charge in [0, 0.05) is 0 Å². The lowest BCUT2D eigenvalue weighted by Gasteiger charge is -2.19. The van der Waals surface area contributed by atoms with Crippen molar-refractivity contribution in [3.05, 3.63) is 0 Å². The molecule has 0 bridgehead atoms. The fourth-order valence-corrected chi connectivity index (χ4v) is 2.09. The highest BCUT2D eigenvalue weighted by molar-refractivity contribution is 4.83. The SMILES string of the molecule is CC(C)C1CCC(F)C1C. The van der Waals surface area contributed by atoms with Gasteiger partial charge in [-0.1, -0.05) is 20.8 Å². The molecule has 0 aliphatic heterocycles. The first kappa shape index (κ1) is 8.03. The highest BCUT2D eigenvalue weighted by atomic mass is 19.1. The predicted molar refractivity (Wildman–Crippen MR) is 41.6 cm³/mol. The average Bonchev–Trinajstić information content (AvgIpc) is 2.14. The Morgan fingerprint density at radius 1 is 1.30 bits per heavy atom. The minimum atomic E-state index is -0.521. The lowest BCUT2D eigenvalue weighted by Crippen LogP contribution is -2.16. The van der Waals surface area contributed by atoms with Crippen LogP contribution in [0.25, 0.3) is 0 Å². The standard InChI is InChI=1S/C9H17F/c1-6(2)8-4-5-9(10)7(8)3/h6-9H,4-5H2,1-3H3. The zero-order valence-corrected chi connectivity index (χ0v) is 7.10. The van der Waals surface area contributed by atoms with Crippen LogP contribution in [0.2, 0.25) is 0 Å². The van der Waals surface area contributed by atoms with E-state index in [0.717, 1.165) is 12.8 Å². The smallest absolute Gasteiger partial charge is 0.103 e. The van der Waals surface area contributed by atoms with Crippen LogP contribution >= 0.6 is 0 Å². The lowest BCUT2D eigenvalue weighted by atomic mass is 9.87. The van der Waals surface area contributed by atoms with Crippen molar-refractivity contribution in [1.29, 1.82) is 0 Å². The van der Waals surface area contributed by atoms with Gasteiger partial charge in [-0.15, -0.1) is 0 Å². The molecule has 1 fully saturated rings. The van der Waals surface area contributed by atoms with Gasteiger partial charge in [-0.2, -0.15) is 0 Å². The van der Waals surface area contributed by atoms with Gasteiger partial charge in [0.15, 0.2) is 0 Å². The van der Waals surface area contributed by atoms with Gasteiger partial charge in [0.05, 0.1) is 0 Å². The minimum Gasteiger partial charge on any atom is -0.247 e. The van der Waals surface area contributed by atoms with Crippen LogP contribution in [0, 0.1) is 17.8 Å². The molecule has 0 heterocycles. The molecule has 0 amide bonds. The fraction of sp³-hybridized carbons (Fsp3) is 1.00. The normalized spacial score (nSPS) is 41.1. The first-order valence-corrected chi connectivity index (χ1v) is 4.27. The molecule has 0 radical (unpaired) electrons. The fourth-order valence-electron chi connectivity index (χ4n) is 2.09. The zero-order valence-electron chi connectivity index (χ0n) is 7.10. The van der Waals surface area contributed by atoms with Crippen molar-refractivity contribution in [3.63, 3.8) is 0 Å². The summed E-state index contributed by atoms with van der Waals surface area (Å²) in [5.41, 5.74) is 0. The van der Waals surface area contributed by atoms with E-state index in [4.69, 9.17) is 0 Å². The Morgan fingerprint density at radius 3 is 2.10 bits per heavy atom. The molecule has 0 spiro atoms. The number of halogens is 1. The third-order valence-corrected chi connectivity index (χ3v) is 2.88. The third-order valence-electron chi connectivity index (χ3n) is 2.88. The van der Waals surface area contributed by atoms with E-state index in [1.807, 2.05) is 6.92 Å². The van der Waals surface area contributed by atoms with E-state index in [-0.39, 0.29) is 0 Å². The van der Waals surface area contributed by atoms with Gasteiger partial charge in [-0.3, -0.25) is 0 Å². The second kappa shape index (κ2) is 2.89. The number of hydrogen-bond acceptors (Lipinski definition) is 0. The van der Waals surface area contributed by atoms with Gasteiger partial charge >= 0.3 is 0 Å². The van der Waals surface area contributed by atoms with Crippen molar-refractivity contribution in [2.45, 2.75) is 39.8 Å². The van der Waals surface area contributed by atoms with Crippen LogP contribution < -0.4 is 0 Å². The molecule has 1 rings (SSSR count). The van der Waals surface area contributed by atoms with E-state index in [9.17, 15) is 4.39 Å². The topological polar surface area (TPSA) is 0 Å². The summed E-state index contributed by atoms with van der Waals surface area (Å²) in [6.45, 7) is 6.43. The third kappa shape index (κ3) is 1.33. The first-order chi connectivity index (χ1) is 4.63.